The van der Waals surface area contributed by atoms with Gasteiger partial charge in [-0.1, -0.05) is 17.3 Å². The second kappa shape index (κ2) is 6.93. The van der Waals surface area contributed by atoms with Crippen LogP contribution in [0.2, 0.25) is 0 Å². The third kappa shape index (κ3) is 3.27. The summed E-state index contributed by atoms with van der Waals surface area (Å²) < 4.78 is 16.4. The van der Waals surface area contributed by atoms with Crippen LogP contribution >= 0.6 is 0 Å². The van der Waals surface area contributed by atoms with Gasteiger partial charge in [0, 0.05) is 18.2 Å². The fourth-order valence-electron chi connectivity index (χ4n) is 2.75. The van der Waals surface area contributed by atoms with Gasteiger partial charge in [0.15, 0.2) is 0 Å². The predicted octanol–water partition coefficient (Wildman–Crippen LogP) is 4.29. The highest BCUT2D eigenvalue weighted by Crippen LogP contribution is 2.32. The van der Waals surface area contributed by atoms with Gasteiger partial charge in [0.25, 0.3) is 5.89 Å². The van der Waals surface area contributed by atoms with E-state index in [1.165, 1.54) is 6.07 Å². The van der Waals surface area contributed by atoms with E-state index in [1.807, 2.05) is 0 Å². The van der Waals surface area contributed by atoms with E-state index in [1.54, 1.807) is 42.5 Å². The van der Waals surface area contributed by atoms with Crippen molar-refractivity contribution in [2.75, 3.05) is 6.61 Å². The van der Waals surface area contributed by atoms with E-state index in [0.717, 1.165) is 18.4 Å². The van der Waals surface area contributed by atoms with Crippen LogP contribution in [0.4, 0.5) is 5.69 Å². The molecule has 8 nitrogen and oxygen atoms in total. The van der Waals surface area contributed by atoms with E-state index in [4.69, 9.17) is 14.0 Å². The molecule has 1 saturated heterocycles. The molecular formula is C18H15N3O5. The normalized spacial score (nSPS) is 16.5. The molecule has 8 heteroatoms. The molecule has 0 aliphatic carbocycles. The first-order valence-electron chi connectivity index (χ1n) is 8.17. The molecule has 132 valence electrons. The smallest absolute Gasteiger partial charge is 0.311 e. The van der Waals surface area contributed by atoms with Gasteiger partial charge in [-0.3, -0.25) is 10.1 Å². The van der Waals surface area contributed by atoms with Crippen LogP contribution in [0.15, 0.2) is 53.1 Å². The number of rotatable bonds is 5. The van der Waals surface area contributed by atoms with Gasteiger partial charge in [-0.25, -0.2) is 0 Å². The van der Waals surface area contributed by atoms with Crippen LogP contribution in [0.25, 0.3) is 11.4 Å². The Morgan fingerprint density at radius 1 is 1.15 bits per heavy atom. The molecule has 0 spiro atoms. The Bertz CT molecular complexity index is 917. The highest BCUT2D eigenvalue weighted by molar-refractivity contribution is 5.56. The summed E-state index contributed by atoms with van der Waals surface area (Å²) >= 11 is 0. The predicted molar refractivity (Wildman–Crippen MR) is 90.8 cm³/mol. The quantitative estimate of drug-likeness (QED) is 0.498. The lowest BCUT2D eigenvalue weighted by atomic mass is 10.2. The number of hydrogen-bond acceptors (Lipinski definition) is 7. The van der Waals surface area contributed by atoms with Crippen molar-refractivity contribution in [3.8, 4) is 22.9 Å². The molecule has 0 N–H and O–H groups in total. The molecule has 3 aromatic rings. The van der Waals surface area contributed by atoms with Gasteiger partial charge in [0.05, 0.1) is 4.92 Å². The second-order valence-electron chi connectivity index (χ2n) is 5.81. The third-order valence-electron chi connectivity index (χ3n) is 4.05. The number of nitrogens with zero attached hydrogens (tertiary/aromatic N) is 3. The van der Waals surface area contributed by atoms with E-state index in [9.17, 15) is 10.1 Å². The van der Waals surface area contributed by atoms with E-state index in [-0.39, 0.29) is 17.5 Å². The van der Waals surface area contributed by atoms with E-state index < -0.39 is 4.92 Å². The molecule has 0 bridgehead atoms. The van der Waals surface area contributed by atoms with Crippen LogP contribution in [0, 0.1) is 10.1 Å². The lowest BCUT2D eigenvalue weighted by molar-refractivity contribution is -0.385. The highest BCUT2D eigenvalue weighted by atomic mass is 16.6. The van der Waals surface area contributed by atoms with Crippen molar-refractivity contribution in [3.05, 3.63) is 64.5 Å². The monoisotopic (exact) mass is 353 g/mol. The average molecular weight is 353 g/mol. The molecule has 0 saturated carbocycles. The zero-order valence-corrected chi connectivity index (χ0v) is 13.7. The Labute approximate surface area is 148 Å². The lowest BCUT2D eigenvalue weighted by Gasteiger charge is -2.06. The molecule has 1 aliphatic rings. The Balaban J connectivity index is 1.51. The van der Waals surface area contributed by atoms with Gasteiger partial charge in [-0.05, 0) is 43.2 Å². The van der Waals surface area contributed by atoms with Gasteiger partial charge >= 0.3 is 5.69 Å². The topological polar surface area (TPSA) is 101 Å². The van der Waals surface area contributed by atoms with Gasteiger partial charge < -0.3 is 14.0 Å². The van der Waals surface area contributed by atoms with E-state index in [0.29, 0.717) is 24.1 Å². The second-order valence-corrected chi connectivity index (χ2v) is 5.81. The minimum absolute atomic E-state index is 0.0871. The molecule has 1 aliphatic heterocycles. The van der Waals surface area contributed by atoms with Crippen molar-refractivity contribution in [2.45, 2.75) is 18.9 Å². The minimum atomic E-state index is -0.477. The molecule has 2 aromatic carbocycles. The van der Waals surface area contributed by atoms with Crippen molar-refractivity contribution in [1.29, 1.82) is 0 Å². The van der Waals surface area contributed by atoms with Gasteiger partial charge in [0.2, 0.25) is 11.6 Å². The molecule has 1 aromatic heterocycles. The van der Waals surface area contributed by atoms with Crippen molar-refractivity contribution < 1.29 is 18.9 Å². The van der Waals surface area contributed by atoms with Gasteiger partial charge in [-0.2, -0.15) is 4.98 Å². The van der Waals surface area contributed by atoms with Crippen molar-refractivity contribution in [2.24, 2.45) is 0 Å². The number of nitro groups is 1. The summed E-state index contributed by atoms with van der Waals surface area (Å²) in [4.78, 5) is 15.0. The summed E-state index contributed by atoms with van der Waals surface area (Å²) in [6.07, 6.45) is 1.74. The standard InChI is InChI=1S/C18H15N3O5/c22-21(23)14-4-1-2-5-15(14)25-13-9-7-12(8-10-13)17-19-18(26-20-17)16-6-3-11-24-16/h1-2,4-5,7-10,16H,3,6,11H2. The summed E-state index contributed by atoms with van der Waals surface area (Å²) in [6.45, 7) is 0.708. The first kappa shape index (κ1) is 16.2. The van der Waals surface area contributed by atoms with E-state index in [2.05, 4.69) is 10.1 Å². The molecule has 0 amide bonds. The van der Waals surface area contributed by atoms with Crippen molar-refractivity contribution >= 4 is 5.69 Å². The number of ether oxygens (including phenoxy) is 2. The number of benzene rings is 2. The first-order valence-corrected chi connectivity index (χ1v) is 8.17. The number of hydrogen-bond donors (Lipinski definition) is 0. The summed E-state index contributed by atoms with van der Waals surface area (Å²) in [5.41, 5.74) is 0.670. The summed E-state index contributed by atoms with van der Waals surface area (Å²) in [5, 5.41) is 15.0. The summed E-state index contributed by atoms with van der Waals surface area (Å²) in [7, 11) is 0. The molecule has 4 rings (SSSR count). The third-order valence-corrected chi connectivity index (χ3v) is 4.05. The maximum absolute atomic E-state index is 11.1. The fourth-order valence-corrected chi connectivity index (χ4v) is 2.75. The maximum atomic E-state index is 11.1. The van der Waals surface area contributed by atoms with Gasteiger partial charge in [-0.15, -0.1) is 0 Å². The zero-order chi connectivity index (χ0) is 17.9. The van der Waals surface area contributed by atoms with Crippen LogP contribution in [-0.4, -0.2) is 21.7 Å². The van der Waals surface area contributed by atoms with Crippen LogP contribution in [0.5, 0.6) is 11.5 Å². The maximum Gasteiger partial charge on any atom is 0.311 e. The van der Waals surface area contributed by atoms with Crippen molar-refractivity contribution in [3.63, 3.8) is 0 Å². The van der Waals surface area contributed by atoms with E-state index >= 15 is 0 Å². The minimum Gasteiger partial charge on any atom is -0.450 e. The number of nitro benzene ring substituents is 1. The molecule has 0 radical (unpaired) electrons. The highest BCUT2D eigenvalue weighted by Gasteiger charge is 2.24. The SMILES string of the molecule is O=[N+]([O-])c1ccccc1Oc1ccc(-c2noc(C3CCCO3)n2)cc1. The van der Waals surface area contributed by atoms with Crippen LogP contribution in [0.1, 0.15) is 24.8 Å². The Kier molecular flexibility index (Phi) is 4.32. The number of aromatic nitrogens is 2. The average Bonchev–Trinajstić information content (AvgIpc) is 3.34. The van der Waals surface area contributed by atoms with Crippen molar-refractivity contribution in [1.82, 2.24) is 10.1 Å². The molecule has 2 heterocycles. The molecule has 1 fully saturated rings. The summed E-state index contributed by atoms with van der Waals surface area (Å²) in [6, 6.07) is 13.2. The lowest BCUT2D eigenvalue weighted by Crippen LogP contribution is -1.95. The van der Waals surface area contributed by atoms with Gasteiger partial charge in [0.1, 0.15) is 11.9 Å². The number of para-hydroxylation sites is 2. The summed E-state index contributed by atoms with van der Waals surface area (Å²) in [5.74, 6) is 1.61. The molecular weight excluding hydrogens is 338 g/mol. The Morgan fingerprint density at radius 3 is 2.69 bits per heavy atom. The largest absolute Gasteiger partial charge is 0.450 e. The van der Waals surface area contributed by atoms with Crippen LogP contribution in [0.3, 0.4) is 0 Å². The Hall–Kier alpha value is -3.26. The fraction of sp³-hybridized carbons (Fsp3) is 0.222. The molecule has 1 atom stereocenters. The molecule has 26 heavy (non-hydrogen) atoms. The van der Waals surface area contributed by atoms with Crippen LogP contribution in [-0.2, 0) is 4.74 Å². The Morgan fingerprint density at radius 2 is 1.96 bits per heavy atom. The molecule has 1 unspecified atom stereocenters. The zero-order valence-electron chi connectivity index (χ0n) is 13.7. The first-order chi connectivity index (χ1) is 12.7. The van der Waals surface area contributed by atoms with Crippen LogP contribution < -0.4 is 4.74 Å².